The fourth-order valence-corrected chi connectivity index (χ4v) is 4.89. The topological polar surface area (TPSA) is 93.7 Å². The zero-order chi connectivity index (χ0) is 23.1. The molecule has 9 heteroatoms. The summed E-state index contributed by atoms with van der Waals surface area (Å²) >= 11 is 5.87. The zero-order valence-electron chi connectivity index (χ0n) is 18.3. The largest absolute Gasteiger partial charge is 0.492 e. The Balaban J connectivity index is 1.92. The van der Waals surface area contributed by atoms with Crippen molar-refractivity contribution in [2.75, 3.05) is 23.3 Å². The van der Waals surface area contributed by atoms with Crippen LogP contribution in [0.2, 0.25) is 5.02 Å². The first-order valence-electron chi connectivity index (χ1n) is 10.9. The van der Waals surface area contributed by atoms with Crippen molar-refractivity contribution in [3.8, 4) is 11.5 Å². The Morgan fingerprint density at radius 2 is 1.53 bits per heavy atom. The van der Waals surface area contributed by atoms with Crippen LogP contribution in [0, 0.1) is 5.92 Å². The molecular formula is C23H29ClN2O5S. The van der Waals surface area contributed by atoms with Crippen molar-refractivity contribution >= 4 is 38.9 Å². The van der Waals surface area contributed by atoms with Gasteiger partial charge in [-0.2, -0.15) is 0 Å². The Bertz CT molecular complexity index is 1040. The van der Waals surface area contributed by atoms with Gasteiger partial charge in [-0.1, -0.05) is 30.9 Å². The number of benzene rings is 2. The first-order valence-corrected chi connectivity index (χ1v) is 12.7. The molecule has 0 radical (unpaired) electrons. The fourth-order valence-electron chi connectivity index (χ4n) is 3.70. The molecule has 32 heavy (non-hydrogen) atoms. The second kappa shape index (κ2) is 10.9. The maximum absolute atomic E-state index is 12.9. The van der Waals surface area contributed by atoms with E-state index in [-0.39, 0.29) is 22.4 Å². The van der Waals surface area contributed by atoms with Crippen LogP contribution in [0.25, 0.3) is 0 Å². The Morgan fingerprint density at radius 1 is 0.969 bits per heavy atom. The lowest BCUT2D eigenvalue weighted by Crippen LogP contribution is -2.25. The third kappa shape index (κ3) is 6.07. The number of hydrogen-bond donors (Lipinski definition) is 2. The third-order valence-electron chi connectivity index (χ3n) is 5.28. The lowest BCUT2D eigenvalue weighted by Gasteiger charge is -2.22. The third-order valence-corrected chi connectivity index (χ3v) is 6.92. The van der Waals surface area contributed by atoms with Crippen LogP contribution < -0.4 is 19.5 Å². The normalized spacial score (nSPS) is 14.6. The Hall–Kier alpha value is -2.45. The Kier molecular flexibility index (Phi) is 8.26. The molecule has 1 saturated carbocycles. The molecule has 3 rings (SSSR count). The van der Waals surface area contributed by atoms with Crippen LogP contribution in [0.3, 0.4) is 0 Å². The molecule has 0 bridgehead atoms. The van der Waals surface area contributed by atoms with Crippen molar-refractivity contribution in [2.24, 2.45) is 5.92 Å². The number of nitrogens with one attached hydrogen (secondary N) is 2. The summed E-state index contributed by atoms with van der Waals surface area (Å²) in [7, 11) is -3.89. The van der Waals surface area contributed by atoms with E-state index in [0.29, 0.717) is 35.4 Å². The standard InChI is InChI=1S/C23H29ClN2O5S/c1-3-30-21-15-20(26-32(28,29)18-12-10-17(24)11-13-18)22(31-4-2)14-19(21)25-23(27)16-8-6-5-7-9-16/h10-16,26H,3-9H2,1-2H3,(H,25,27). The number of carbonyl (C=O) groups is 1. The number of halogens is 1. The molecule has 0 heterocycles. The van der Waals surface area contributed by atoms with E-state index in [1.165, 1.54) is 24.3 Å². The second-order valence-electron chi connectivity index (χ2n) is 7.59. The van der Waals surface area contributed by atoms with Gasteiger partial charge in [-0.15, -0.1) is 0 Å². The van der Waals surface area contributed by atoms with Gasteiger partial charge in [0.2, 0.25) is 5.91 Å². The zero-order valence-corrected chi connectivity index (χ0v) is 19.9. The van der Waals surface area contributed by atoms with Gasteiger partial charge in [-0.25, -0.2) is 8.42 Å². The number of ether oxygens (including phenoxy) is 2. The minimum atomic E-state index is -3.89. The first-order chi connectivity index (χ1) is 15.3. The van der Waals surface area contributed by atoms with Gasteiger partial charge in [0, 0.05) is 23.1 Å². The molecule has 1 amide bonds. The van der Waals surface area contributed by atoms with Gasteiger partial charge in [0.15, 0.2) is 0 Å². The molecule has 174 valence electrons. The second-order valence-corrected chi connectivity index (χ2v) is 9.71. The van der Waals surface area contributed by atoms with Crippen molar-refractivity contribution in [2.45, 2.75) is 50.8 Å². The number of hydrogen-bond acceptors (Lipinski definition) is 5. The van der Waals surface area contributed by atoms with Gasteiger partial charge in [-0.05, 0) is 51.0 Å². The number of sulfonamides is 1. The molecule has 7 nitrogen and oxygen atoms in total. The molecule has 0 atom stereocenters. The van der Waals surface area contributed by atoms with Crippen LogP contribution in [0.1, 0.15) is 46.0 Å². The van der Waals surface area contributed by atoms with Gasteiger partial charge in [-0.3, -0.25) is 9.52 Å². The highest BCUT2D eigenvalue weighted by Gasteiger charge is 2.24. The predicted octanol–water partition coefficient (Wildman–Crippen LogP) is 5.46. The highest BCUT2D eigenvalue weighted by Crippen LogP contribution is 2.38. The van der Waals surface area contributed by atoms with E-state index in [9.17, 15) is 13.2 Å². The summed E-state index contributed by atoms with van der Waals surface area (Å²) in [5, 5.41) is 3.40. The van der Waals surface area contributed by atoms with Gasteiger partial charge < -0.3 is 14.8 Å². The molecule has 1 aliphatic rings. The maximum Gasteiger partial charge on any atom is 0.262 e. The fraction of sp³-hybridized carbons (Fsp3) is 0.435. The van der Waals surface area contributed by atoms with Crippen LogP contribution >= 0.6 is 11.6 Å². The average Bonchev–Trinajstić information content (AvgIpc) is 2.77. The van der Waals surface area contributed by atoms with Gasteiger partial charge in [0.25, 0.3) is 10.0 Å². The number of amides is 1. The van der Waals surface area contributed by atoms with E-state index in [1.807, 2.05) is 6.92 Å². The monoisotopic (exact) mass is 480 g/mol. The molecule has 2 aromatic rings. The maximum atomic E-state index is 12.9. The van der Waals surface area contributed by atoms with Crippen LogP contribution in [0.5, 0.6) is 11.5 Å². The molecular weight excluding hydrogens is 452 g/mol. The van der Waals surface area contributed by atoms with Crippen LogP contribution in [-0.2, 0) is 14.8 Å². The van der Waals surface area contributed by atoms with E-state index < -0.39 is 10.0 Å². The molecule has 1 fully saturated rings. The smallest absolute Gasteiger partial charge is 0.262 e. The van der Waals surface area contributed by atoms with Crippen molar-refractivity contribution in [1.82, 2.24) is 0 Å². The summed E-state index contributed by atoms with van der Waals surface area (Å²) in [5.41, 5.74) is 0.682. The van der Waals surface area contributed by atoms with Crippen LogP contribution in [0.15, 0.2) is 41.3 Å². The minimum Gasteiger partial charge on any atom is -0.492 e. The Labute approximate surface area is 194 Å². The van der Waals surface area contributed by atoms with E-state index in [4.69, 9.17) is 21.1 Å². The van der Waals surface area contributed by atoms with Gasteiger partial charge in [0.1, 0.15) is 11.5 Å². The van der Waals surface area contributed by atoms with E-state index in [0.717, 1.165) is 32.1 Å². The Morgan fingerprint density at radius 3 is 2.12 bits per heavy atom. The van der Waals surface area contributed by atoms with Crippen LogP contribution in [-0.4, -0.2) is 27.5 Å². The first kappa shape index (κ1) is 24.2. The lowest BCUT2D eigenvalue weighted by atomic mass is 9.88. The number of carbonyl (C=O) groups excluding carboxylic acids is 1. The van der Waals surface area contributed by atoms with E-state index in [2.05, 4.69) is 10.0 Å². The van der Waals surface area contributed by atoms with Crippen LogP contribution in [0.4, 0.5) is 11.4 Å². The number of anilines is 2. The van der Waals surface area contributed by atoms with Crippen molar-refractivity contribution in [3.63, 3.8) is 0 Å². The summed E-state index contributed by atoms with van der Waals surface area (Å²) in [5.74, 6) is 0.584. The molecule has 0 unspecified atom stereocenters. The lowest BCUT2D eigenvalue weighted by molar-refractivity contribution is -0.120. The van der Waals surface area contributed by atoms with E-state index >= 15 is 0 Å². The quantitative estimate of drug-likeness (QED) is 0.497. The predicted molar refractivity (Wildman–Crippen MR) is 126 cm³/mol. The molecule has 2 aromatic carbocycles. The van der Waals surface area contributed by atoms with Gasteiger partial charge in [0.05, 0.1) is 29.5 Å². The molecule has 0 aromatic heterocycles. The van der Waals surface area contributed by atoms with E-state index in [1.54, 1.807) is 19.1 Å². The molecule has 0 spiro atoms. The summed E-state index contributed by atoms with van der Waals surface area (Å²) in [6, 6.07) is 9.01. The summed E-state index contributed by atoms with van der Waals surface area (Å²) in [6.07, 6.45) is 4.99. The summed E-state index contributed by atoms with van der Waals surface area (Å²) in [4.78, 5) is 12.9. The summed E-state index contributed by atoms with van der Waals surface area (Å²) in [6.45, 7) is 4.29. The van der Waals surface area contributed by atoms with Crippen molar-refractivity contribution < 1.29 is 22.7 Å². The van der Waals surface area contributed by atoms with Crippen molar-refractivity contribution in [3.05, 3.63) is 41.4 Å². The number of rotatable bonds is 9. The highest BCUT2D eigenvalue weighted by molar-refractivity contribution is 7.92. The summed E-state index contributed by atoms with van der Waals surface area (Å²) < 4.78 is 39.7. The highest BCUT2D eigenvalue weighted by atomic mass is 35.5. The molecule has 0 aliphatic heterocycles. The molecule has 0 saturated heterocycles. The average molecular weight is 481 g/mol. The molecule has 2 N–H and O–H groups in total. The minimum absolute atomic E-state index is 0.0307. The molecule has 1 aliphatic carbocycles. The van der Waals surface area contributed by atoms with Crippen molar-refractivity contribution in [1.29, 1.82) is 0 Å². The SMILES string of the molecule is CCOc1cc(NS(=O)(=O)c2ccc(Cl)cc2)c(OCC)cc1NC(=O)C1CCCCC1. The van der Waals surface area contributed by atoms with Gasteiger partial charge >= 0.3 is 0 Å².